The quantitative estimate of drug-likeness (QED) is 0.475. The summed E-state index contributed by atoms with van der Waals surface area (Å²) in [5.74, 6) is -2.53. The molecule has 10 nitrogen and oxygen atoms in total. The molecule has 2 rings (SSSR count). The van der Waals surface area contributed by atoms with Crippen molar-refractivity contribution in [1.82, 2.24) is 19.9 Å². The number of unbranched alkanes of at least 4 members (excludes halogenated alkanes) is 1. The highest BCUT2D eigenvalue weighted by atomic mass is 19.4. The van der Waals surface area contributed by atoms with Gasteiger partial charge in [0.05, 0.1) is 7.11 Å². The number of nitrogens with two attached hydrogens (primary N) is 1. The van der Waals surface area contributed by atoms with E-state index in [0.717, 1.165) is 19.3 Å². The van der Waals surface area contributed by atoms with Crippen LogP contribution in [0.15, 0.2) is 0 Å². The first-order valence-electron chi connectivity index (χ1n) is 7.79. The summed E-state index contributed by atoms with van der Waals surface area (Å²) in [5.41, 5.74) is 6.68. The normalized spacial score (nSPS) is 12.2. The summed E-state index contributed by atoms with van der Waals surface area (Å²) >= 11 is 0. The molecule has 27 heavy (non-hydrogen) atoms. The maximum absolute atomic E-state index is 10.6. The maximum Gasteiger partial charge on any atom is 0.490 e. The second kappa shape index (κ2) is 9.75. The molecule has 0 bridgehead atoms. The molecule has 0 aliphatic rings. The van der Waals surface area contributed by atoms with E-state index in [2.05, 4.69) is 26.9 Å². The number of hydrogen-bond acceptors (Lipinski definition) is 8. The van der Waals surface area contributed by atoms with Crippen LogP contribution in [-0.4, -0.2) is 50.4 Å². The first-order chi connectivity index (χ1) is 12.6. The zero-order valence-electron chi connectivity index (χ0n) is 14.8. The van der Waals surface area contributed by atoms with Crippen LogP contribution in [-0.2, 0) is 9.68 Å². The summed E-state index contributed by atoms with van der Waals surface area (Å²) in [5, 5.41) is 7.12. The third kappa shape index (κ3) is 7.13. The van der Waals surface area contributed by atoms with E-state index in [1.807, 2.05) is 6.92 Å². The summed E-state index contributed by atoms with van der Waals surface area (Å²) in [7, 11) is 1.50. The fourth-order valence-corrected chi connectivity index (χ4v) is 1.68. The average molecular weight is 395 g/mol. The Morgan fingerprint density at radius 1 is 1.33 bits per heavy atom. The first-order valence-corrected chi connectivity index (χ1v) is 7.79. The van der Waals surface area contributed by atoms with Crippen molar-refractivity contribution in [3.63, 3.8) is 0 Å². The number of hydrogen-bond donors (Lipinski definition) is 3. The second-order valence-electron chi connectivity index (χ2n) is 5.27. The van der Waals surface area contributed by atoms with Gasteiger partial charge in [0.2, 0.25) is 0 Å². The molecule has 0 saturated carbocycles. The van der Waals surface area contributed by atoms with E-state index in [1.165, 1.54) is 7.11 Å². The van der Waals surface area contributed by atoms with Gasteiger partial charge in [-0.3, -0.25) is 4.89 Å². The minimum absolute atomic E-state index is 0.0347. The Morgan fingerprint density at radius 2 is 1.96 bits per heavy atom. The summed E-state index contributed by atoms with van der Waals surface area (Å²) in [6, 6.07) is 0.350. The van der Waals surface area contributed by atoms with Crippen LogP contribution in [0.5, 0.6) is 12.0 Å². The predicted octanol–water partition coefficient (Wildman–Crippen LogP) is 2.47. The van der Waals surface area contributed by atoms with E-state index in [-0.39, 0.29) is 17.9 Å². The summed E-state index contributed by atoms with van der Waals surface area (Å²) in [4.78, 5) is 34.2. The molecule has 0 fully saturated rings. The van der Waals surface area contributed by atoms with Crippen molar-refractivity contribution in [3.8, 4) is 12.0 Å². The SMILES string of the molecule is CCCC[C@H](C)OOc1nc(N)c2[nH]c(OC)nc2n1.O=C(O)C(F)(F)F. The topological polar surface area (TPSA) is 145 Å². The van der Waals surface area contributed by atoms with Gasteiger partial charge in [-0.05, 0) is 13.3 Å². The number of anilines is 1. The van der Waals surface area contributed by atoms with Crippen molar-refractivity contribution in [2.45, 2.75) is 45.4 Å². The minimum Gasteiger partial charge on any atom is -0.475 e. The predicted molar refractivity (Wildman–Crippen MR) is 87.0 cm³/mol. The molecule has 2 aromatic heterocycles. The number of imidazole rings is 1. The number of ether oxygens (including phenoxy) is 1. The first kappa shape index (κ1) is 22.2. The number of carbonyl (C=O) groups is 1. The van der Waals surface area contributed by atoms with Crippen molar-refractivity contribution in [1.29, 1.82) is 0 Å². The number of H-pyrrole nitrogens is 1. The number of carboxylic acids is 1. The summed E-state index contributed by atoms with van der Waals surface area (Å²) in [6.07, 6.45) is -2.03. The standard InChI is InChI=1S/C12H19N5O3.C2HF3O2/c1-4-5-6-7(2)19-20-12-15-9(13)8-10(17-12)16-11(14-8)18-3;3-2(4,5)1(6)7/h7H,4-6H2,1-3H3,(H3,13,14,15,16,17);(H,6,7)/t7-;/m0./s1. The van der Waals surface area contributed by atoms with Gasteiger partial charge in [0, 0.05) is 0 Å². The Kier molecular flexibility index (Phi) is 8.02. The van der Waals surface area contributed by atoms with E-state index in [0.29, 0.717) is 17.2 Å². The molecule has 4 N–H and O–H groups in total. The largest absolute Gasteiger partial charge is 0.490 e. The summed E-state index contributed by atoms with van der Waals surface area (Å²) < 4.78 is 36.7. The smallest absolute Gasteiger partial charge is 0.475 e. The molecule has 0 unspecified atom stereocenters. The molecule has 2 aromatic rings. The molecule has 0 aliphatic heterocycles. The molecule has 0 amide bonds. The Morgan fingerprint density at radius 3 is 2.48 bits per heavy atom. The Bertz CT molecular complexity index is 753. The molecule has 0 aromatic carbocycles. The minimum atomic E-state index is -5.08. The molecular formula is C14H20F3N5O5. The third-order valence-electron chi connectivity index (χ3n) is 3.02. The number of halogens is 3. The van der Waals surface area contributed by atoms with Crippen LogP contribution in [0.4, 0.5) is 19.0 Å². The molecule has 0 spiro atoms. The lowest BCUT2D eigenvalue weighted by molar-refractivity contribution is -0.246. The number of aromatic amines is 1. The lowest BCUT2D eigenvalue weighted by Gasteiger charge is -2.10. The van der Waals surface area contributed by atoms with E-state index >= 15 is 0 Å². The molecule has 2 heterocycles. The fourth-order valence-electron chi connectivity index (χ4n) is 1.68. The Hall–Kier alpha value is -2.83. The molecule has 13 heteroatoms. The van der Waals surface area contributed by atoms with E-state index < -0.39 is 12.1 Å². The van der Waals surface area contributed by atoms with Gasteiger partial charge in [-0.25, -0.2) is 4.79 Å². The van der Waals surface area contributed by atoms with Crippen molar-refractivity contribution in [2.24, 2.45) is 0 Å². The lowest BCUT2D eigenvalue weighted by atomic mass is 10.2. The molecule has 152 valence electrons. The van der Waals surface area contributed by atoms with Crippen LogP contribution >= 0.6 is 0 Å². The number of nitrogens with zero attached hydrogens (tertiary/aromatic N) is 3. The van der Waals surface area contributed by atoms with E-state index in [9.17, 15) is 13.2 Å². The van der Waals surface area contributed by atoms with Crippen LogP contribution in [0.3, 0.4) is 0 Å². The number of alkyl halides is 3. The number of nitrogens with one attached hydrogen (secondary N) is 1. The Balaban J connectivity index is 0.000000445. The van der Waals surface area contributed by atoms with Gasteiger partial charge in [-0.2, -0.15) is 33.0 Å². The number of aliphatic carboxylic acids is 1. The van der Waals surface area contributed by atoms with E-state index in [1.54, 1.807) is 0 Å². The van der Waals surface area contributed by atoms with Gasteiger partial charge in [0.15, 0.2) is 11.5 Å². The highest BCUT2D eigenvalue weighted by Gasteiger charge is 2.38. The van der Waals surface area contributed by atoms with Crippen molar-refractivity contribution in [3.05, 3.63) is 0 Å². The van der Waals surface area contributed by atoms with Crippen molar-refractivity contribution < 1.29 is 37.6 Å². The van der Waals surface area contributed by atoms with Gasteiger partial charge in [0.25, 0.3) is 6.01 Å². The second-order valence-corrected chi connectivity index (χ2v) is 5.27. The third-order valence-corrected chi connectivity index (χ3v) is 3.02. The van der Waals surface area contributed by atoms with Crippen LogP contribution in [0.25, 0.3) is 11.2 Å². The maximum atomic E-state index is 10.6. The lowest BCUT2D eigenvalue weighted by Crippen LogP contribution is -2.21. The van der Waals surface area contributed by atoms with Gasteiger partial charge < -0.3 is 20.6 Å². The van der Waals surface area contributed by atoms with Crippen LogP contribution < -0.4 is 15.4 Å². The number of fused-ring (bicyclic) bond motifs is 1. The number of aromatic nitrogens is 4. The molecule has 0 aliphatic carbocycles. The van der Waals surface area contributed by atoms with Gasteiger partial charge >= 0.3 is 18.2 Å². The van der Waals surface area contributed by atoms with Crippen LogP contribution in [0.2, 0.25) is 0 Å². The highest BCUT2D eigenvalue weighted by molar-refractivity contribution is 5.82. The van der Waals surface area contributed by atoms with Crippen molar-refractivity contribution >= 4 is 23.0 Å². The molecular weight excluding hydrogens is 375 g/mol. The fraction of sp³-hybridized carbons (Fsp3) is 0.571. The number of methoxy groups -OCH3 is 1. The monoisotopic (exact) mass is 395 g/mol. The highest BCUT2D eigenvalue weighted by Crippen LogP contribution is 2.21. The van der Waals surface area contributed by atoms with Gasteiger partial charge in [0.1, 0.15) is 11.6 Å². The molecule has 1 atom stereocenters. The molecule has 0 radical (unpaired) electrons. The van der Waals surface area contributed by atoms with Gasteiger partial charge in [-0.1, -0.05) is 19.8 Å². The zero-order chi connectivity index (χ0) is 20.6. The Labute approximate surface area is 151 Å². The van der Waals surface area contributed by atoms with Gasteiger partial charge in [-0.15, -0.1) is 0 Å². The van der Waals surface area contributed by atoms with E-state index in [4.69, 9.17) is 30.1 Å². The van der Waals surface area contributed by atoms with Crippen molar-refractivity contribution in [2.75, 3.05) is 12.8 Å². The van der Waals surface area contributed by atoms with Crippen LogP contribution in [0, 0.1) is 0 Å². The zero-order valence-corrected chi connectivity index (χ0v) is 14.8. The number of carboxylic acid groups (broad SMARTS) is 1. The van der Waals surface area contributed by atoms with Crippen LogP contribution in [0.1, 0.15) is 33.1 Å². The number of nitrogen functional groups attached to an aromatic ring is 1. The number of rotatable bonds is 7. The molecule has 0 saturated heterocycles. The average Bonchev–Trinajstić information content (AvgIpc) is 3.01. The summed E-state index contributed by atoms with van der Waals surface area (Å²) in [6.45, 7) is 4.05.